The van der Waals surface area contributed by atoms with E-state index in [1.54, 1.807) is 6.07 Å². The number of nitrogens with one attached hydrogen (secondary N) is 1. The van der Waals surface area contributed by atoms with Gasteiger partial charge in [0.15, 0.2) is 0 Å². The van der Waals surface area contributed by atoms with Crippen molar-refractivity contribution >= 4 is 23.0 Å². The first-order valence-electron chi connectivity index (χ1n) is 6.58. The average molecular weight is 283 g/mol. The summed E-state index contributed by atoms with van der Waals surface area (Å²) in [5.41, 5.74) is 1.24. The highest BCUT2D eigenvalue weighted by molar-refractivity contribution is 6.33. The van der Waals surface area contributed by atoms with Crippen molar-refractivity contribution in [2.24, 2.45) is 5.41 Å². The summed E-state index contributed by atoms with van der Waals surface area (Å²) in [6.45, 7) is 4.59. The number of hydrogen-bond donors (Lipinski definition) is 1. The molecule has 19 heavy (non-hydrogen) atoms. The third-order valence-corrected chi connectivity index (χ3v) is 4.17. The number of nitro groups is 1. The van der Waals surface area contributed by atoms with Gasteiger partial charge in [0.25, 0.3) is 5.69 Å². The van der Waals surface area contributed by atoms with E-state index in [-0.39, 0.29) is 5.69 Å². The van der Waals surface area contributed by atoms with Gasteiger partial charge in [-0.15, -0.1) is 0 Å². The predicted octanol–water partition coefficient (Wildman–Crippen LogP) is 4.63. The lowest BCUT2D eigenvalue weighted by Crippen LogP contribution is -2.29. The molecule has 1 saturated carbocycles. The minimum absolute atomic E-state index is 0.0281. The molecule has 1 N–H and O–H groups in total. The van der Waals surface area contributed by atoms with Crippen LogP contribution in [0.4, 0.5) is 11.4 Å². The SMILES string of the molecule is CC1(C)CCC(Nc2ccc([N+](=O)[O-])cc2Cl)CC1. The summed E-state index contributed by atoms with van der Waals surface area (Å²) in [6, 6.07) is 4.99. The maximum absolute atomic E-state index is 10.7. The van der Waals surface area contributed by atoms with Crippen molar-refractivity contribution in [1.82, 2.24) is 0 Å². The molecule has 0 saturated heterocycles. The van der Waals surface area contributed by atoms with Gasteiger partial charge in [0.2, 0.25) is 0 Å². The van der Waals surface area contributed by atoms with E-state index in [0.717, 1.165) is 18.5 Å². The van der Waals surface area contributed by atoms with Crippen LogP contribution < -0.4 is 5.32 Å². The Balaban J connectivity index is 2.02. The maximum Gasteiger partial charge on any atom is 0.271 e. The molecule has 1 aliphatic carbocycles. The van der Waals surface area contributed by atoms with Crippen LogP contribution >= 0.6 is 11.6 Å². The smallest absolute Gasteiger partial charge is 0.271 e. The van der Waals surface area contributed by atoms with E-state index >= 15 is 0 Å². The Bertz CT molecular complexity index is 478. The fourth-order valence-corrected chi connectivity index (χ4v) is 2.73. The number of nitro benzene ring substituents is 1. The molecule has 0 atom stereocenters. The second-order valence-corrected chi connectivity index (χ2v) is 6.41. The molecule has 1 aromatic rings. The lowest BCUT2D eigenvalue weighted by atomic mass is 9.75. The lowest BCUT2D eigenvalue weighted by Gasteiger charge is -2.35. The van der Waals surface area contributed by atoms with Gasteiger partial charge >= 0.3 is 0 Å². The molecular weight excluding hydrogens is 264 g/mol. The van der Waals surface area contributed by atoms with Crippen molar-refractivity contribution in [3.05, 3.63) is 33.3 Å². The first-order valence-corrected chi connectivity index (χ1v) is 6.96. The van der Waals surface area contributed by atoms with Crippen LogP contribution in [0.1, 0.15) is 39.5 Å². The molecule has 5 heteroatoms. The molecule has 0 aliphatic heterocycles. The van der Waals surface area contributed by atoms with E-state index in [2.05, 4.69) is 19.2 Å². The number of halogens is 1. The Morgan fingerprint density at radius 1 is 1.37 bits per heavy atom. The Labute approximate surface area is 118 Å². The van der Waals surface area contributed by atoms with Crippen LogP contribution in [-0.4, -0.2) is 11.0 Å². The van der Waals surface area contributed by atoms with Crippen molar-refractivity contribution in [3.8, 4) is 0 Å². The van der Waals surface area contributed by atoms with Gasteiger partial charge in [0.1, 0.15) is 0 Å². The lowest BCUT2D eigenvalue weighted by molar-refractivity contribution is -0.384. The largest absolute Gasteiger partial charge is 0.381 e. The summed E-state index contributed by atoms with van der Waals surface area (Å²) in [7, 11) is 0. The molecule has 0 amide bonds. The highest BCUT2D eigenvalue weighted by Crippen LogP contribution is 2.37. The van der Waals surface area contributed by atoms with Crippen molar-refractivity contribution in [2.45, 2.75) is 45.6 Å². The number of hydrogen-bond acceptors (Lipinski definition) is 3. The second kappa shape index (κ2) is 5.37. The molecule has 0 bridgehead atoms. The van der Waals surface area contributed by atoms with Crippen LogP contribution in [0.2, 0.25) is 5.02 Å². The zero-order valence-corrected chi connectivity index (χ0v) is 12.0. The number of anilines is 1. The highest BCUT2D eigenvalue weighted by Gasteiger charge is 2.27. The van der Waals surface area contributed by atoms with Crippen molar-refractivity contribution in [2.75, 3.05) is 5.32 Å². The molecule has 1 aliphatic rings. The van der Waals surface area contributed by atoms with Crippen LogP contribution in [0.3, 0.4) is 0 Å². The molecule has 4 nitrogen and oxygen atoms in total. The van der Waals surface area contributed by atoms with Crippen molar-refractivity contribution in [3.63, 3.8) is 0 Å². The monoisotopic (exact) mass is 282 g/mol. The number of nitrogens with zero attached hydrogens (tertiary/aromatic N) is 1. The third-order valence-electron chi connectivity index (χ3n) is 3.86. The fraction of sp³-hybridized carbons (Fsp3) is 0.571. The Hall–Kier alpha value is -1.29. The molecule has 1 fully saturated rings. The van der Waals surface area contributed by atoms with Crippen LogP contribution in [0.15, 0.2) is 18.2 Å². The molecule has 1 aromatic carbocycles. The summed E-state index contributed by atoms with van der Waals surface area (Å²) in [5, 5.41) is 14.5. The molecule has 0 spiro atoms. The second-order valence-electron chi connectivity index (χ2n) is 6.00. The van der Waals surface area contributed by atoms with E-state index in [4.69, 9.17) is 11.6 Å². The average Bonchev–Trinajstić information content (AvgIpc) is 2.34. The Morgan fingerprint density at radius 3 is 2.53 bits per heavy atom. The Kier molecular flexibility index (Phi) is 3.99. The van der Waals surface area contributed by atoms with Gasteiger partial charge in [-0.05, 0) is 37.2 Å². The van der Waals surface area contributed by atoms with E-state index < -0.39 is 4.92 Å². The van der Waals surface area contributed by atoms with Crippen LogP contribution in [0, 0.1) is 15.5 Å². The molecule has 0 heterocycles. The molecule has 0 aromatic heterocycles. The molecule has 0 unspecified atom stereocenters. The highest BCUT2D eigenvalue weighted by atomic mass is 35.5. The first kappa shape index (κ1) is 14.1. The minimum Gasteiger partial charge on any atom is -0.381 e. The fourth-order valence-electron chi connectivity index (χ4n) is 2.50. The van der Waals surface area contributed by atoms with Crippen LogP contribution in [0.5, 0.6) is 0 Å². The van der Waals surface area contributed by atoms with Gasteiger partial charge in [-0.3, -0.25) is 10.1 Å². The topological polar surface area (TPSA) is 55.2 Å². The standard InChI is InChI=1S/C14H19ClN2O2/c1-14(2)7-5-10(6-8-14)16-13-4-3-11(17(18)19)9-12(13)15/h3-4,9-10,16H,5-8H2,1-2H3. The van der Waals surface area contributed by atoms with Crippen LogP contribution in [0.25, 0.3) is 0 Å². The zero-order chi connectivity index (χ0) is 14.0. The summed E-state index contributed by atoms with van der Waals surface area (Å²) < 4.78 is 0. The first-order chi connectivity index (χ1) is 8.87. The number of non-ortho nitro benzene ring substituents is 1. The summed E-state index contributed by atoms with van der Waals surface area (Å²) in [6.07, 6.45) is 4.60. The van der Waals surface area contributed by atoms with Crippen molar-refractivity contribution < 1.29 is 4.92 Å². The summed E-state index contributed by atoms with van der Waals surface area (Å²) in [5.74, 6) is 0. The van der Waals surface area contributed by atoms with Gasteiger partial charge in [0, 0.05) is 18.2 Å². The van der Waals surface area contributed by atoms with Gasteiger partial charge < -0.3 is 5.32 Å². The molecule has 104 valence electrons. The molecule has 0 radical (unpaired) electrons. The summed E-state index contributed by atoms with van der Waals surface area (Å²) in [4.78, 5) is 10.2. The Morgan fingerprint density at radius 2 is 2.00 bits per heavy atom. The van der Waals surface area contributed by atoms with E-state index in [9.17, 15) is 10.1 Å². The zero-order valence-electron chi connectivity index (χ0n) is 11.3. The van der Waals surface area contributed by atoms with E-state index in [1.165, 1.54) is 25.0 Å². The van der Waals surface area contributed by atoms with Gasteiger partial charge in [-0.25, -0.2) is 0 Å². The van der Waals surface area contributed by atoms with E-state index in [0.29, 0.717) is 16.5 Å². The van der Waals surface area contributed by atoms with E-state index in [1.807, 2.05) is 0 Å². The number of benzene rings is 1. The van der Waals surface area contributed by atoms with Crippen LogP contribution in [-0.2, 0) is 0 Å². The molecular formula is C14H19ClN2O2. The van der Waals surface area contributed by atoms with Crippen molar-refractivity contribution in [1.29, 1.82) is 0 Å². The quantitative estimate of drug-likeness (QED) is 0.649. The summed E-state index contributed by atoms with van der Waals surface area (Å²) >= 11 is 6.08. The molecule has 2 rings (SSSR count). The normalized spacial score (nSPS) is 19.1. The predicted molar refractivity (Wildman–Crippen MR) is 77.8 cm³/mol. The van der Waals surface area contributed by atoms with Gasteiger partial charge in [-0.1, -0.05) is 25.4 Å². The van der Waals surface area contributed by atoms with Gasteiger partial charge in [0.05, 0.1) is 15.6 Å². The number of rotatable bonds is 3. The van der Waals surface area contributed by atoms with Gasteiger partial charge in [-0.2, -0.15) is 0 Å². The minimum atomic E-state index is -0.432. The third kappa shape index (κ3) is 3.60. The maximum atomic E-state index is 10.7.